The maximum atomic E-state index is 13.0. The van der Waals surface area contributed by atoms with E-state index in [1.54, 1.807) is 4.68 Å². The Labute approximate surface area is 186 Å². The number of benzene rings is 1. The molecule has 0 aliphatic heterocycles. The smallest absolute Gasteiger partial charge is 0.242 e. The molecule has 166 valence electrons. The Morgan fingerprint density at radius 2 is 1.91 bits per heavy atom. The Hall–Kier alpha value is -3.75. The molecule has 1 atom stereocenters. The van der Waals surface area contributed by atoms with Crippen LogP contribution in [-0.2, 0) is 17.8 Å². The highest BCUT2D eigenvalue weighted by molar-refractivity contribution is 5.83. The van der Waals surface area contributed by atoms with Gasteiger partial charge in [-0.25, -0.2) is 19.6 Å². The summed E-state index contributed by atoms with van der Waals surface area (Å²) in [7, 11) is 3.88. The van der Waals surface area contributed by atoms with E-state index in [0.717, 1.165) is 28.0 Å². The molecular formula is C23H28N8O. The maximum absolute atomic E-state index is 13.0. The minimum atomic E-state index is -0.327. The van der Waals surface area contributed by atoms with Gasteiger partial charge in [-0.05, 0) is 32.4 Å². The monoisotopic (exact) mass is 432 g/mol. The second-order valence-electron chi connectivity index (χ2n) is 8.14. The molecule has 9 heteroatoms. The number of para-hydroxylation sites is 1. The Balaban J connectivity index is 1.66. The minimum Gasteiger partial charge on any atom is -0.363 e. The average Bonchev–Trinajstić information content (AvgIpc) is 3.29. The largest absolute Gasteiger partial charge is 0.363 e. The van der Waals surface area contributed by atoms with Crippen LogP contribution in [0.2, 0.25) is 0 Å². The molecule has 0 unspecified atom stereocenters. The lowest BCUT2D eigenvalue weighted by atomic mass is 10.0. The first-order valence-corrected chi connectivity index (χ1v) is 10.6. The number of fused-ring (bicyclic) bond motifs is 1. The van der Waals surface area contributed by atoms with Gasteiger partial charge in [0.15, 0.2) is 0 Å². The lowest BCUT2D eigenvalue weighted by Crippen LogP contribution is -2.34. The number of aryl methyl sites for hydroxylation is 3. The molecule has 0 radical (unpaired) electrons. The zero-order valence-electron chi connectivity index (χ0n) is 19.0. The lowest BCUT2D eigenvalue weighted by Gasteiger charge is -2.21. The van der Waals surface area contributed by atoms with Crippen molar-refractivity contribution < 1.29 is 4.79 Å². The van der Waals surface area contributed by atoms with Gasteiger partial charge in [0.2, 0.25) is 5.91 Å². The van der Waals surface area contributed by atoms with Crippen molar-refractivity contribution in [3.05, 3.63) is 65.3 Å². The van der Waals surface area contributed by atoms with E-state index in [1.807, 2.05) is 70.2 Å². The van der Waals surface area contributed by atoms with Crippen molar-refractivity contribution in [2.24, 2.45) is 0 Å². The summed E-state index contributed by atoms with van der Waals surface area (Å²) in [5.74, 6) is 2.66. The van der Waals surface area contributed by atoms with Crippen LogP contribution in [0.5, 0.6) is 0 Å². The molecule has 1 amide bonds. The summed E-state index contributed by atoms with van der Waals surface area (Å²) >= 11 is 0. The molecule has 0 saturated carbocycles. The van der Waals surface area contributed by atoms with Gasteiger partial charge in [-0.3, -0.25) is 4.79 Å². The summed E-state index contributed by atoms with van der Waals surface area (Å²) in [5, 5.41) is 8.60. The number of aromatic amines is 1. The fourth-order valence-corrected chi connectivity index (χ4v) is 3.82. The molecule has 0 aliphatic rings. The van der Waals surface area contributed by atoms with Gasteiger partial charge >= 0.3 is 0 Å². The quantitative estimate of drug-likeness (QED) is 0.465. The first-order chi connectivity index (χ1) is 15.3. The van der Waals surface area contributed by atoms with Crippen LogP contribution in [0.15, 0.2) is 36.5 Å². The third kappa shape index (κ3) is 4.61. The average molecular weight is 433 g/mol. The Kier molecular flexibility index (Phi) is 5.89. The van der Waals surface area contributed by atoms with Gasteiger partial charge in [-0.2, -0.15) is 5.10 Å². The van der Waals surface area contributed by atoms with Crippen LogP contribution >= 0.6 is 0 Å². The molecule has 32 heavy (non-hydrogen) atoms. The molecule has 0 bridgehead atoms. The summed E-state index contributed by atoms with van der Waals surface area (Å²) < 4.78 is 1.61. The Morgan fingerprint density at radius 1 is 1.12 bits per heavy atom. The van der Waals surface area contributed by atoms with Crippen molar-refractivity contribution in [1.82, 2.24) is 35.0 Å². The molecule has 4 aromatic rings. The molecule has 3 heterocycles. The van der Waals surface area contributed by atoms with E-state index in [0.29, 0.717) is 23.9 Å². The number of hydrogen-bond acceptors (Lipinski definition) is 6. The van der Waals surface area contributed by atoms with E-state index < -0.39 is 0 Å². The number of hydrogen-bond donors (Lipinski definition) is 2. The van der Waals surface area contributed by atoms with Gasteiger partial charge in [0, 0.05) is 43.7 Å². The number of carbonyl (C=O) groups is 1. The van der Waals surface area contributed by atoms with Crippen molar-refractivity contribution in [2.45, 2.75) is 39.8 Å². The van der Waals surface area contributed by atoms with Crippen molar-refractivity contribution in [2.75, 3.05) is 19.0 Å². The van der Waals surface area contributed by atoms with E-state index in [-0.39, 0.29) is 18.5 Å². The second kappa shape index (κ2) is 8.78. The topological polar surface area (TPSA) is 105 Å². The zero-order chi connectivity index (χ0) is 22.8. The maximum Gasteiger partial charge on any atom is 0.242 e. The van der Waals surface area contributed by atoms with Gasteiger partial charge in [-0.15, -0.1) is 0 Å². The van der Waals surface area contributed by atoms with E-state index in [1.165, 1.54) is 0 Å². The molecule has 2 N–H and O–H groups in total. The third-order valence-corrected chi connectivity index (χ3v) is 5.35. The first kappa shape index (κ1) is 21.5. The van der Waals surface area contributed by atoms with Crippen LogP contribution < -0.4 is 10.2 Å². The minimum absolute atomic E-state index is 0.0989. The summed E-state index contributed by atoms with van der Waals surface area (Å²) in [5.41, 5.74) is 2.95. The van der Waals surface area contributed by atoms with Crippen molar-refractivity contribution in [1.29, 1.82) is 0 Å². The molecule has 4 rings (SSSR count). The van der Waals surface area contributed by atoms with Crippen LogP contribution in [0.25, 0.3) is 10.9 Å². The molecule has 3 aromatic heterocycles. The summed E-state index contributed by atoms with van der Waals surface area (Å²) in [4.78, 5) is 31.7. The van der Waals surface area contributed by atoms with Crippen molar-refractivity contribution >= 4 is 22.6 Å². The molecular weight excluding hydrogens is 404 g/mol. The summed E-state index contributed by atoms with van der Waals surface area (Å²) in [6.45, 7) is 5.62. The fraction of sp³-hybridized carbons (Fsp3) is 0.348. The molecule has 1 aromatic carbocycles. The Morgan fingerprint density at radius 3 is 2.62 bits per heavy atom. The van der Waals surface area contributed by atoms with Gasteiger partial charge < -0.3 is 15.2 Å². The van der Waals surface area contributed by atoms with Gasteiger partial charge in [0.25, 0.3) is 0 Å². The van der Waals surface area contributed by atoms with E-state index in [9.17, 15) is 4.79 Å². The number of nitrogens with one attached hydrogen (secondary N) is 2. The first-order valence-electron chi connectivity index (χ1n) is 10.6. The SMILES string of the molecule is Cc1nc([C@@H](Cc2c[nH]c3ccccc23)NC(=O)Cn2nc(C)nc2C)cc(N(C)C)n1. The standard InChI is InChI=1S/C23H28N8O/c1-14-26-21(11-22(27-14)30(4)5)20(10-17-12-24-19-9-7-6-8-18(17)19)28-23(32)13-31-16(3)25-15(2)29-31/h6-9,11-12,20,24H,10,13H2,1-5H3,(H,28,32)/t20-/m1/s1. The van der Waals surface area contributed by atoms with E-state index in [4.69, 9.17) is 0 Å². The van der Waals surface area contributed by atoms with Crippen molar-refractivity contribution in [3.8, 4) is 0 Å². The van der Waals surface area contributed by atoms with Gasteiger partial charge in [0.1, 0.15) is 29.8 Å². The van der Waals surface area contributed by atoms with Crippen LogP contribution in [0.4, 0.5) is 5.82 Å². The van der Waals surface area contributed by atoms with Gasteiger partial charge in [0.05, 0.1) is 11.7 Å². The van der Waals surface area contributed by atoms with Gasteiger partial charge in [-0.1, -0.05) is 18.2 Å². The predicted molar refractivity (Wildman–Crippen MR) is 123 cm³/mol. The molecule has 0 spiro atoms. The Bertz CT molecular complexity index is 1260. The normalized spacial score (nSPS) is 12.2. The zero-order valence-corrected chi connectivity index (χ0v) is 19.0. The molecule has 0 fully saturated rings. The van der Waals surface area contributed by atoms with E-state index in [2.05, 4.69) is 36.4 Å². The highest BCUT2D eigenvalue weighted by atomic mass is 16.2. The molecule has 0 saturated heterocycles. The van der Waals surface area contributed by atoms with E-state index >= 15 is 0 Å². The third-order valence-electron chi connectivity index (χ3n) is 5.35. The number of amides is 1. The number of nitrogens with zero attached hydrogens (tertiary/aromatic N) is 6. The number of anilines is 1. The van der Waals surface area contributed by atoms with Crippen molar-refractivity contribution in [3.63, 3.8) is 0 Å². The molecule has 9 nitrogen and oxygen atoms in total. The van der Waals surface area contributed by atoms with Crippen LogP contribution in [-0.4, -0.2) is 49.7 Å². The highest BCUT2D eigenvalue weighted by Crippen LogP contribution is 2.25. The highest BCUT2D eigenvalue weighted by Gasteiger charge is 2.21. The fourth-order valence-electron chi connectivity index (χ4n) is 3.82. The second-order valence-corrected chi connectivity index (χ2v) is 8.14. The number of H-pyrrole nitrogens is 1. The van der Waals surface area contributed by atoms with Crippen LogP contribution in [0.3, 0.4) is 0 Å². The summed E-state index contributed by atoms with van der Waals surface area (Å²) in [6, 6.07) is 9.74. The van der Waals surface area contributed by atoms with Crippen LogP contribution in [0.1, 0.15) is 34.8 Å². The number of aromatic nitrogens is 6. The number of rotatable bonds is 7. The predicted octanol–water partition coefficient (Wildman–Crippen LogP) is 2.64. The number of carbonyl (C=O) groups excluding carboxylic acids is 1. The molecule has 0 aliphatic carbocycles. The lowest BCUT2D eigenvalue weighted by molar-refractivity contribution is -0.122. The van der Waals surface area contributed by atoms with Crippen LogP contribution in [0, 0.1) is 20.8 Å². The summed E-state index contributed by atoms with van der Waals surface area (Å²) in [6.07, 6.45) is 2.59.